The second-order valence-corrected chi connectivity index (χ2v) is 7.64. The lowest BCUT2D eigenvalue weighted by molar-refractivity contribution is 0.587. The zero-order chi connectivity index (χ0) is 19.4. The zero-order valence-corrected chi connectivity index (χ0v) is 16.9. The average molecular weight is 425 g/mol. The van der Waals surface area contributed by atoms with Gasteiger partial charge in [0.15, 0.2) is 0 Å². The molecule has 5 heteroatoms. The molecule has 2 unspecified atom stereocenters. The van der Waals surface area contributed by atoms with E-state index in [0.717, 1.165) is 15.6 Å². The van der Waals surface area contributed by atoms with E-state index in [0.29, 0.717) is 6.42 Å². The molecule has 3 aromatic rings. The molecule has 2 aromatic carbocycles. The van der Waals surface area contributed by atoms with E-state index in [1.165, 1.54) is 21.8 Å². The van der Waals surface area contributed by atoms with Gasteiger partial charge in [-0.25, -0.2) is 0 Å². The first-order valence-corrected chi connectivity index (χ1v) is 9.59. The van der Waals surface area contributed by atoms with E-state index in [1.54, 1.807) is 19.3 Å². The number of halogens is 1. The molecule has 0 radical (unpaired) electrons. The third kappa shape index (κ3) is 4.42. The fourth-order valence-electron chi connectivity index (χ4n) is 3.39. The Kier molecular flexibility index (Phi) is 6.01. The van der Waals surface area contributed by atoms with Crippen LogP contribution in [0, 0.1) is 11.8 Å². The maximum atomic E-state index is 11.7. The summed E-state index contributed by atoms with van der Waals surface area (Å²) in [5, 5.41) is 3.39. The largest absolute Gasteiger partial charge is 0.318 e. The lowest BCUT2D eigenvalue weighted by Gasteiger charge is -2.23. The number of hydrogen-bond donors (Lipinski definition) is 0. The molecule has 0 N–H and O–H groups in total. The van der Waals surface area contributed by atoms with Gasteiger partial charge in [0.05, 0.1) is 0 Å². The minimum atomic E-state index is -0.537. The topological polar surface area (TPSA) is 51.4 Å². The summed E-state index contributed by atoms with van der Waals surface area (Å²) in [5.41, 5.74) is 4.13. The van der Waals surface area contributed by atoms with Gasteiger partial charge < -0.3 is 4.57 Å². The fourth-order valence-corrected chi connectivity index (χ4v) is 3.66. The van der Waals surface area contributed by atoms with E-state index in [1.807, 2.05) is 24.3 Å². The number of nitrogens with zero attached hydrogens (tertiary/aromatic N) is 2. The Hall–Kier alpha value is -2.53. The van der Waals surface area contributed by atoms with Crippen molar-refractivity contribution in [2.75, 3.05) is 0 Å². The Morgan fingerprint density at radius 2 is 1.67 bits per heavy atom. The molecule has 1 aromatic heterocycles. The highest BCUT2D eigenvalue weighted by Crippen LogP contribution is 2.37. The van der Waals surface area contributed by atoms with Gasteiger partial charge in [-0.2, -0.15) is 4.91 Å². The molecule has 27 heavy (non-hydrogen) atoms. The molecule has 0 aliphatic rings. The van der Waals surface area contributed by atoms with Crippen molar-refractivity contribution in [1.29, 1.82) is 0 Å². The Morgan fingerprint density at radius 3 is 2.30 bits per heavy atom. The summed E-state index contributed by atoms with van der Waals surface area (Å²) in [4.78, 5) is 23.4. The van der Waals surface area contributed by atoms with Gasteiger partial charge in [-0.15, -0.1) is 0 Å². The second kappa shape index (κ2) is 8.44. The molecule has 0 amide bonds. The fraction of sp³-hybridized carbons (Fsp3) is 0.227. The van der Waals surface area contributed by atoms with Crippen molar-refractivity contribution in [2.24, 2.45) is 12.2 Å². The number of pyridine rings is 1. The van der Waals surface area contributed by atoms with E-state index < -0.39 is 6.04 Å². The highest BCUT2D eigenvalue weighted by atomic mass is 79.9. The van der Waals surface area contributed by atoms with Crippen LogP contribution in [0.25, 0.3) is 0 Å². The van der Waals surface area contributed by atoms with E-state index in [2.05, 4.69) is 52.3 Å². The highest BCUT2D eigenvalue weighted by Gasteiger charge is 2.23. The van der Waals surface area contributed by atoms with E-state index in [4.69, 9.17) is 0 Å². The molecule has 0 fully saturated rings. The van der Waals surface area contributed by atoms with Crippen LogP contribution in [0.4, 0.5) is 0 Å². The number of benzene rings is 2. The maximum Gasteiger partial charge on any atom is 0.250 e. The molecule has 4 nitrogen and oxygen atoms in total. The summed E-state index contributed by atoms with van der Waals surface area (Å²) in [6, 6.07) is 19.0. The summed E-state index contributed by atoms with van der Waals surface area (Å²) in [5.74, 6) is 0.0271. The van der Waals surface area contributed by atoms with Crippen molar-refractivity contribution in [3.8, 4) is 0 Å². The third-order valence-electron chi connectivity index (χ3n) is 4.92. The van der Waals surface area contributed by atoms with Crippen LogP contribution in [0.5, 0.6) is 0 Å². The van der Waals surface area contributed by atoms with Crippen LogP contribution in [-0.2, 0) is 7.05 Å². The predicted octanol–water partition coefficient (Wildman–Crippen LogP) is 5.49. The predicted molar refractivity (Wildman–Crippen MR) is 112 cm³/mol. The maximum absolute atomic E-state index is 11.7. The molecule has 3 rings (SSSR count). The quantitative estimate of drug-likeness (QED) is 0.491. The molecule has 1 heterocycles. The average Bonchev–Trinajstić information content (AvgIpc) is 2.67. The van der Waals surface area contributed by atoms with Crippen LogP contribution in [0.15, 0.2) is 81.3 Å². The normalized spacial score (nSPS) is 13.1. The monoisotopic (exact) mass is 424 g/mol. The van der Waals surface area contributed by atoms with Crippen LogP contribution >= 0.6 is 15.9 Å². The lowest BCUT2D eigenvalue weighted by Crippen LogP contribution is -2.16. The number of hydrogen-bond acceptors (Lipinski definition) is 3. The van der Waals surface area contributed by atoms with Crippen molar-refractivity contribution in [3.63, 3.8) is 0 Å². The first-order valence-electron chi connectivity index (χ1n) is 8.79. The summed E-state index contributed by atoms with van der Waals surface area (Å²) in [6.07, 6.45) is 2.24. The number of aromatic nitrogens is 1. The molecule has 138 valence electrons. The van der Waals surface area contributed by atoms with E-state index in [9.17, 15) is 9.70 Å². The van der Waals surface area contributed by atoms with Gasteiger partial charge in [0.1, 0.15) is 6.04 Å². The molecular weight excluding hydrogens is 404 g/mol. The summed E-state index contributed by atoms with van der Waals surface area (Å²) < 4.78 is 2.49. The number of nitroso groups, excluding NO2 is 1. The SMILES string of the molecule is Cc1ccccc1C(CC(N=O)c1ccc(=O)n(C)c1)c1ccc(Br)cc1. The molecular formula is C22H21BrN2O2. The van der Waals surface area contributed by atoms with Gasteiger partial charge in [0.25, 0.3) is 0 Å². The minimum absolute atomic E-state index is 0.0271. The third-order valence-corrected chi connectivity index (χ3v) is 5.44. The van der Waals surface area contributed by atoms with E-state index in [-0.39, 0.29) is 11.5 Å². The van der Waals surface area contributed by atoms with Crippen LogP contribution in [-0.4, -0.2) is 4.57 Å². The summed E-state index contributed by atoms with van der Waals surface area (Å²) in [7, 11) is 1.68. The Labute approximate surface area is 167 Å². The number of rotatable bonds is 6. The van der Waals surface area contributed by atoms with Gasteiger partial charge in [0.2, 0.25) is 5.56 Å². The van der Waals surface area contributed by atoms with Gasteiger partial charge >= 0.3 is 0 Å². The zero-order valence-electron chi connectivity index (χ0n) is 15.3. The van der Waals surface area contributed by atoms with Crippen molar-refractivity contribution < 1.29 is 0 Å². The Morgan fingerprint density at radius 1 is 1.00 bits per heavy atom. The highest BCUT2D eigenvalue weighted by molar-refractivity contribution is 9.10. The van der Waals surface area contributed by atoms with Gasteiger partial charge in [-0.3, -0.25) is 4.79 Å². The molecule has 0 aliphatic heterocycles. The van der Waals surface area contributed by atoms with Crippen molar-refractivity contribution in [1.82, 2.24) is 4.57 Å². The van der Waals surface area contributed by atoms with Crippen LogP contribution < -0.4 is 5.56 Å². The minimum Gasteiger partial charge on any atom is -0.318 e. The van der Waals surface area contributed by atoms with Crippen LogP contribution in [0.1, 0.15) is 40.6 Å². The first-order chi connectivity index (χ1) is 13.0. The van der Waals surface area contributed by atoms with Crippen molar-refractivity contribution in [2.45, 2.75) is 25.3 Å². The van der Waals surface area contributed by atoms with Crippen molar-refractivity contribution >= 4 is 15.9 Å². The van der Waals surface area contributed by atoms with Gasteiger partial charge in [-0.1, -0.05) is 57.5 Å². The molecule has 0 saturated carbocycles. The molecule has 0 bridgehead atoms. The Bertz CT molecular complexity index is 996. The standard InChI is InChI=1S/C22H21BrN2O2/c1-15-5-3-4-6-19(15)20(16-7-10-18(23)11-8-16)13-21(24-27)17-9-12-22(26)25(2)14-17/h3-12,14,20-21H,13H2,1-2H3. The molecule has 0 spiro atoms. The first kappa shape index (κ1) is 19.2. The van der Waals surface area contributed by atoms with Crippen molar-refractivity contribution in [3.05, 3.63) is 109 Å². The molecule has 0 saturated heterocycles. The second-order valence-electron chi connectivity index (χ2n) is 6.73. The number of aryl methyl sites for hydroxylation is 2. The van der Waals surface area contributed by atoms with Crippen LogP contribution in [0.2, 0.25) is 0 Å². The Balaban J connectivity index is 2.03. The van der Waals surface area contributed by atoms with Gasteiger partial charge in [-0.05, 0) is 53.8 Å². The summed E-state index contributed by atoms with van der Waals surface area (Å²) in [6.45, 7) is 2.08. The van der Waals surface area contributed by atoms with Gasteiger partial charge in [0, 0.05) is 29.7 Å². The van der Waals surface area contributed by atoms with Crippen LogP contribution in [0.3, 0.4) is 0 Å². The smallest absolute Gasteiger partial charge is 0.250 e. The van der Waals surface area contributed by atoms with E-state index >= 15 is 0 Å². The molecule has 0 aliphatic carbocycles. The molecule has 2 atom stereocenters. The summed E-state index contributed by atoms with van der Waals surface area (Å²) >= 11 is 3.48. The lowest BCUT2D eigenvalue weighted by atomic mass is 9.83.